The zero-order valence-electron chi connectivity index (χ0n) is 18.8. The Morgan fingerprint density at radius 1 is 1.06 bits per heavy atom. The second kappa shape index (κ2) is 10.1. The Bertz CT molecular complexity index is 1110. The summed E-state index contributed by atoms with van der Waals surface area (Å²) in [6.45, 7) is 8.54. The average molecular weight is 433 g/mol. The maximum atomic E-state index is 12.2. The summed E-state index contributed by atoms with van der Waals surface area (Å²) < 4.78 is 10.8. The number of amides is 1. The molecule has 0 spiro atoms. The van der Waals surface area contributed by atoms with Gasteiger partial charge in [-0.2, -0.15) is 5.10 Å². The molecule has 0 aliphatic carbocycles. The number of benzene rings is 2. The monoisotopic (exact) mass is 432 g/mol. The molecular formula is C26H28N2O4. The van der Waals surface area contributed by atoms with E-state index in [0.29, 0.717) is 23.7 Å². The van der Waals surface area contributed by atoms with Crippen LogP contribution in [0.15, 0.2) is 70.2 Å². The molecule has 0 fully saturated rings. The number of hydrogen-bond acceptors (Lipinski definition) is 5. The molecule has 1 amide bonds. The lowest BCUT2D eigenvalue weighted by Crippen LogP contribution is -2.20. The first-order chi connectivity index (χ1) is 15.3. The van der Waals surface area contributed by atoms with Gasteiger partial charge in [-0.1, -0.05) is 57.2 Å². The Balaban J connectivity index is 1.57. The molecule has 0 aliphatic heterocycles. The van der Waals surface area contributed by atoms with Gasteiger partial charge >= 0.3 is 5.97 Å². The van der Waals surface area contributed by atoms with Crippen LogP contribution in [0.2, 0.25) is 0 Å². The number of carbonyl (C=O) groups excluding carboxylic acids is 2. The maximum absolute atomic E-state index is 12.2. The van der Waals surface area contributed by atoms with Gasteiger partial charge in [-0.3, -0.25) is 4.79 Å². The van der Waals surface area contributed by atoms with Crippen molar-refractivity contribution < 1.29 is 18.7 Å². The van der Waals surface area contributed by atoms with Gasteiger partial charge in [0.05, 0.1) is 24.8 Å². The molecule has 0 saturated heterocycles. The fourth-order valence-corrected chi connectivity index (χ4v) is 3.11. The van der Waals surface area contributed by atoms with Gasteiger partial charge in [0.15, 0.2) is 0 Å². The summed E-state index contributed by atoms with van der Waals surface area (Å²) in [6, 6.07) is 18.6. The van der Waals surface area contributed by atoms with Gasteiger partial charge in [0, 0.05) is 5.56 Å². The van der Waals surface area contributed by atoms with E-state index in [1.807, 2.05) is 30.3 Å². The number of hydrogen-bond donors (Lipinski definition) is 1. The topological polar surface area (TPSA) is 80.9 Å². The second-order valence-electron chi connectivity index (χ2n) is 8.42. The highest BCUT2D eigenvalue weighted by atomic mass is 16.5. The molecule has 1 N–H and O–H groups in total. The van der Waals surface area contributed by atoms with Crippen molar-refractivity contribution in [3.05, 3.63) is 83.1 Å². The van der Waals surface area contributed by atoms with Crippen LogP contribution < -0.4 is 5.43 Å². The molecule has 3 aromatic rings. The van der Waals surface area contributed by atoms with Gasteiger partial charge in [-0.05, 0) is 47.7 Å². The van der Waals surface area contributed by atoms with Crippen LogP contribution in [0.4, 0.5) is 0 Å². The largest absolute Gasteiger partial charge is 0.462 e. The number of nitrogens with one attached hydrogen (secondary N) is 1. The molecule has 32 heavy (non-hydrogen) atoms. The zero-order valence-corrected chi connectivity index (χ0v) is 18.8. The van der Waals surface area contributed by atoms with E-state index in [-0.39, 0.29) is 23.7 Å². The standard InChI is InChI=1S/C26H28N2O4/c1-5-31-25(30)20-8-6-7-19(16-20)23-14-13-22(32-23)17-27-28-24(29)15-18-9-11-21(12-10-18)26(2,3)4/h6-14,16-17H,5,15H2,1-4H3,(H,28,29)/b27-17-. The second-order valence-corrected chi connectivity index (χ2v) is 8.42. The van der Waals surface area contributed by atoms with E-state index in [1.54, 1.807) is 37.3 Å². The molecule has 0 unspecified atom stereocenters. The molecular weight excluding hydrogens is 404 g/mol. The highest BCUT2D eigenvalue weighted by Crippen LogP contribution is 2.23. The molecule has 3 rings (SSSR count). The molecule has 2 aromatic carbocycles. The van der Waals surface area contributed by atoms with Crippen molar-refractivity contribution >= 4 is 18.1 Å². The van der Waals surface area contributed by atoms with Gasteiger partial charge < -0.3 is 9.15 Å². The first-order valence-corrected chi connectivity index (χ1v) is 10.5. The number of esters is 1. The maximum Gasteiger partial charge on any atom is 0.338 e. The first-order valence-electron chi connectivity index (χ1n) is 10.5. The van der Waals surface area contributed by atoms with Gasteiger partial charge in [0.2, 0.25) is 5.91 Å². The number of rotatable bonds is 7. The van der Waals surface area contributed by atoms with Gasteiger partial charge in [0.25, 0.3) is 0 Å². The van der Waals surface area contributed by atoms with E-state index in [1.165, 1.54) is 11.8 Å². The van der Waals surface area contributed by atoms with Crippen molar-refractivity contribution in [1.82, 2.24) is 5.43 Å². The van der Waals surface area contributed by atoms with Crippen LogP contribution in [-0.2, 0) is 21.4 Å². The van der Waals surface area contributed by atoms with Gasteiger partial charge in [0.1, 0.15) is 11.5 Å². The summed E-state index contributed by atoms with van der Waals surface area (Å²) in [5.41, 5.74) is 5.95. The molecule has 0 radical (unpaired) electrons. The minimum atomic E-state index is -0.376. The lowest BCUT2D eigenvalue weighted by Gasteiger charge is -2.19. The van der Waals surface area contributed by atoms with Crippen molar-refractivity contribution in [2.75, 3.05) is 6.61 Å². The van der Waals surface area contributed by atoms with Crippen molar-refractivity contribution in [2.24, 2.45) is 5.10 Å². The van der Waals surface area contributed by atoms with Crippen LogP contribution in [0.25, 0.3) is 11.3 Å². The van der Waals surface area contributed by atoms with Crippen LogP contribution >= 0.6 is 0 Å². The van der Waals surface area contributed by atoms with Crippen LogP contribution in [0, 0.1) is 0 Å². The van der Waals surface area contributed by atoms with E-state index in [4.69, 9.17) is 9.15 Å². The Morgan fingerprint density at radius 2 is 1.81 bits per heavy atom. The number of furan rings is 1. The third-order valence-electron chi connectivity index (χ3n) is 4.85. The van der Waals surface area contributed by atoms with Crippen LogP contribution in [-0.4, -0.2) is 24.7 Å². The van der Waals surface area contributed by atoms with Crippen LogP contribution in [0.1, 0.15) is 54.9 Å². The van der Waals surface area contributed by atoms with E-state index >= 15 is 0 Å². The molecule has 0 bridgehead atoms. The molecule has 6 nitrogen and oxygen atoms in total. The van der Waals surface area contributed by atoms with Crippen molar-refractivity contribution in [1.29, 1.82) is 0 Å². The lowest BCUT2D eigenvalue weighted by atomic mass is 9.86. The van der Waals surface area contributed by atoms with E-state index in [0.717, 1.165) is 11.1 Å². The summed E-state index contributed by atoms with van der Waals surface area (Å²) in [5, 5.41) is 3.98. The summed E-state index contributed by atoms with van der Waals surface area (Å²) in [4.78, 5) is 24.1. The molecule has 0 aliphatic rings. The minimum absolute atomic E-state index is 0.0765. The van der Waals surface area contributed by atoms with Crippen molar-refractivity contribution in [3.63, 3.8) is 0 Å². The van der Waals surface area contributed by atoms with Crippen LogP contribution in [0.3, 0.4) is 0 Å². The zero-order chi connectivity index (χ0) is 23.1. The third-order valence-corrected chi connectivity index (χ3v) is 4.85. The predicted molar refractivity (Wildman–Crippen MR) is 125 cm³/mol. The predicted octanol–water partition coefficient (Wildman–Crippen LogP) is 5.11. The van der Waals surface area contributed by atoms with Crippen molar-refractivity contribution in [3.8, 4) is 11.3 Å². The Morgan fingerprint density at radius 3 is 2.50 bits per heavy atom. The lowest BCUT2D eigenvalue weighted by molar-refractivity contribution is -0.120. The number of ether oxygens (including phenoxy) is 1. The Hall–Kier alpha value is -3.67. The molecule has 6 heteroatoms. The summed E-state index contributed by atoms with van der Waals surface area (Å²) in [7, 11) is 0. The summed E-state index contributed by atoms with van der Waals surface area (Å²) in [5.74, 6) is 0.483. The average Bonchev–Trinajstić information content (AvgIpc) is 3.23. The fourth-order valence-electron chi connectivity index (χ4n) is 3.11. The van der Waals surface area contributed by atoms with E-state index in [9.17, 15) is 9.59 Å². The first kappa shape index (κ1) is 23.0. The van der Waals surface area contributed by atoms with Crippen molar-refractivity contribution in [2.45, 2.75) is 39.5 Å². The van der Waals surface area contributed by atoms with Crippen LogP contribution in [0.5, 0.6) is 0 Å². The summed E-state index contributed by atoms with van der Waals surface area (Å²) >= 11 is 0. The molecule has 0 saturated carbocycles. The normalized spacial score (nSPS) is 11.5. The molecule has 1 heterocycles. The third kappa shape index (κ3) is 6.17. The fraction of sp³-hybridized carbons (Fsp3) is 0.269. The Labute approximate surface area is 188 Å². The van der Waals surface area contributed by atoms with Gasteiger partial charge in [-0.25, -0.2) is 10.2 Å². The Kier molecular flexibility index (Phi) is 7.25. The minimum Gasteiger partial charge on any atom is -0.462 e. The van der Waals surface area contributed by atoms with E-state index in [2.05, 4.69) is 31.3 Å². The number of carbonyl (C=O) groups is 2. The molecule has 166 valence electrons. The SMILES string of the molecule is CCOC(=O)c1cccc(-c2ccc(/C=N\NC(=O)Cc3ccc(C(C)(C)C)cc3)o2)c1. The highest BCUT2D eigenvalue weighted by molar-refractivity contribution is 5.91. The molecule has 1 aromatic heterocycles. The quantitative estimate of drug-likeness (QED) is 0.319. The molecule has 0 atom stereocenters. The van der Waals surface area contributed by atoms with E-state index < -0.39 is 0 Å². The van der Waals surface area contributed by atoms with Gasteiger partial charge in [-0.15, -0.1) is 0 Å². The summed E-state index contributed by atoms with van der Waals surface area (Å²) in [6.07, 6.45) is 1.69. The number of hydrazone groups is 1. The smallest absolute Gasteiger partial charge is 0.338 e. The highest BCUT2D eigenvalue weighted by Gasteiger charge is 2.13. The number of nitrogens with zero attached hydrogens (tertiary/aromatic N) is 1.